The molecular weight excluding hydrogens is 763 g/mol. The van der Waals surface area contributed by atoms with E-state index in [1.165, 1.54) is 12.7 Å². The van der Waals surface area contributed by atoms with E-state index in [0.717, 1.165) is 76.3 Å². The van der Waals surface area contributed by atoms with Crippen molar-refractivity contribution < 1.29 is 19.1 Å². The number of nitrogens with one attached hydrogen (secondary N) is 3. The quantitative estimate of drug-likeness (QED) is 0.119. The Balaban J connectivity index is 0.855. The van der Waals surface area contributed by atoms with E-state index in [-0.39, 0.29) is 23.9 Å². The van der Waals surface area contributed by atoms with Crippen LogP contribution in [-0.4, -0.2) is 67.8 Å². The molecule has 11 heteroatoms. The van der Waals surface area contributed by atoms with E-state index in [0.29, 0.717) is 30.9 Å². The number of likely N-dealkylation sites (tertiary alicyclic amines) is 2. The van der Waals surface area contributed by atoms with E-state index in [4.69, 9.17) is 14.7 Å². The lowest BCUT2D eigenvalue weighted by Crippen LogP contribution is -2.42. The summed E-state index contributed by atoms with van der Waals surface area (Å²) >= 11 is 0. The minimum absolute atomic E-state index is 0.0475. The zero-order valence-corrected chi connectivity index (χ0v) is 34.0. The van der Waals surface area contributed by atoms with E-state index in [9.17, 15) is 14.4 Å². The fraction of sp³-hybridized carbons (Fsp3) is 0.220. The standard InChI is InChI=1S/C50H47N7O4/c1-61-50(60)55-45(38-14-6-3-7-15-38)49(59)57-29-11-19-44(57)47-52-32-42(54-47)37-26-22-35(23-27-37)34-20-24-36(25-21-34)41-31-51-46(53-41)43-18-10-28-56(43)48(58)40-17-9-8-16-39(40)30-33-12-4-2-5-13-33/h2-9,12-17,20-27,31-32,43-45H,10-11,18-19,28-30H2,1H3,(H,51,53)(H,52,54)(H,55,60)/t43-,44-,45+/m0/s1. The predicted molar refractivity (Wildman–Crippen MR) is 234 cm³/mol. The van der Waals surface area contributed by atoms with Crippen LogP contribution < -0.4 is 5.32 Å². The van der Waals surface area contributed by atoms with Gasteiger partial charge in [-0.15, -0.1) is 0 Å². The second-order valence-corrected chi connectivity index (χ2v) is 15.7. The van der Waals surface area contributed by atoms with E-state index in [1.54, 1.807) is 4.90 Å². The van der Waals surface area contributed by atoms with Gasteiger partial charge in [-0.1, -0.05) is 127 Å². The number of amides is 3. The Morgan fingerprint density at radius 1 is 0.656 bits per heavy atom. The van der Waals surface area contributed by atoms with E-state index in [1.807, 2.05) is 84.0 Å². The number of aromatic nitrogens is 4. The molecule has 0 spiro atoms. The third-order valence-corrected chi connectivity index (χ3v) is 11.9. The number of rotatable bonds is 11. The summed E-state index contributed by atoms with van der Waals surface area (Å²) in [5.41, 5.74) is 9.56. The Labute approximate surface area is 354 Å². The fourth-order valence-electron chi connectivity index (χ4n) is 8.73. The lowest BCUT2D eigenvalue weighted by molar-refractivity contribution is -0.134. The summed E-state index contributed by atoms with van der Waals surface area (Å²) in [6.45, 7) is 1.26. The van der Waals surface area contributed by atoms with Crippen molar-refractivity contribution in [2.75, 3.05) is 20.2 Å². The van der Waals surface area contributed by atoms with Crippen LogP contribution in [0, 0.1) is 0 Å². The molecule has 7 aromatic rings. The van der Waals surface area contributed by atoms with Crippen LogP contribution in [0.1, 0.15) is 82.5 Å². The number of methoxy groups -OCH3 is 1. The lowest BCUT2D eigenvalue weighted by Gasteiger charge is -2.28. The summed E-state index contributed by atoms with van der Waals surface area (Å²) in [6, 6.07) is 42.9. The first kappa shape index (κ1) is 39.2. The number of ether oxygens (including phenoxy) is 1. The topological polar surface area (TPSA) is 136 Å². The van der Waals surface area contributed by atoms with Crippen molar-refractivity contribution in [3.05, 3.63) is 180 Å². The fourth-order valence-corrected chi connectivity index (χ4v) is 8.73. The summed E-state index contributed by atoms with van der Waals surface area (Å²) in [5, 5.41) is 2.72. The number of benzene rings is 5. The van der Waals surface area contributed by atoms with Crippen molar-refractivity contribution in [2.24, 2.45) is 0 Å². The monoisotopic (exact) mass is 809 g/mol. The summed E-state index contributed by atoms with van der Waals surface area (Å²) < 4.78 is 4.84. The molecule has 2 aromatic heterocycles. The summed E-state index contributed by atoms with van der Waals surface area (Å²) in [7, 11) is 1.29. The number of aromatic amines is 2. The van der Waals surface area contributed by atoms with Gasteiger partial charge in [-0.3, -0.25) is 9.59 Å². The number of carbonyl (C=O) groups is 3. The van der Waals surface area contributed by atoms with Gasteiger partial charge in [-0.05, 0) is 77.1 Å². The normalized spacial score (nSPS) is 16.7. The van der Waals surface area contributed by atoms with Gasteiger partial charge in [0.25, 0.3) is 11.8 Å². The molecule has 0 bridgehead atoms. The molecule has 2 aliphatic rings. The summed E-state index contributed by atoms with van der Waals surface area (Å²) in [6.07, 6.45) is 7.09. The van der Waals surface area contributed by atoms with Gasteiger partial charge in [-0.2, -0.15) is 0 Å². The van der Waals surface area contributed by atoms with Crippen LogP contribution in [-0.2, 0) is 16.0 Å². The molecule has 2 aliphatic heterocycles. The Kier molecular flexibility index (Phi) is 11.3. The first-order valence-electron chi connectivity index (χ1n) is 20.9. The third kappa shape index (κ3) is 8.32. The molecular formula is C50H47N7O4. The average Bonchev–Trinajstić information content (AvgIpc) is 4.16. The van der Waals surface area contributed by atoms with Crippen molar-refractivity contribution in [1.29, 1.82) is 0 Å². The number of imidazole rings is 2. The maximum atomic E-state index is 14.0. The first-order chi connectivity index (χ1) is 29.9. The van der Waals surface area contributed by atoms with E-state index < -0.39 is 12.1 Å². The zero-order valence-electron chi connectivity index (χ0n) is 34.0. The number of hydrogen-bond acceptors (Lipinski definition) is 6. The van der Waals surface area contributed by atoms with Crippen LogP contribution in [0.2, 0.25) is 0 Å². The number of carbonyl (C=O) groups excluding carboxylic acids is 3. The predicted octanol–water partition coefficient (Wildman–Crippen LogP) is 9.46. The molecule has 3 amide bonds. The van der Waals surface area contributed by atoms with Crippen molar-refractivity contribution in [3.8, 4) is 33.6 Å². The second-order valence-electron chi connectivity index (χ2n) is 15.7. The smallest absolute Gasteiger partial charge is 0.407 e. The molecule has 0 radical (unpaired) electrons. The summed E-state index contributed by atoms with van der Waals surface area (Å²) in [5.74, 6) is 1.36. The molecule has 0 unspecified atom stereocenters. The highest BCUT2D eigenvalue weighted by molar-refractivity contribution is 5.96. The van der Waals surface area contributed by atoms with Crippen LogP contribution in [0.5, 0.6) is 0 Å². The minimum atomic E-state index is -0.873. The molecule has 3 atom stereocenters. The summed E-state index contributed by atoms with van der Waals surface area (Å²) in [4.78, 5) is 60.5. The average molecular weight is 810 g/mol. The number of H-pyrrole nitrogens is 2. The Hall–Kier alpha value is -7.27. The third-order valence-electron chi connectivity index (χ3n) is 11.9. The van der Waals surface area contributed by atoms with Gasteiger partial charge in [0.2, 0.25) is 0 Å². The molecule has 2 saturated heterocycles. The highest BCUT2D eigenvalue weighted by Gasteiger charge is 2.37. The van der Waals surface area contributed by atoms with Gasteiger partial charge in [0.05, 0.1) is 43.0 Å². The molecule has 5 aromatic carbocycles. The van der Waals surface area contributed by atoms with Crippen molar-refractivity contribution >= 4 is 17.9 Å². The van der Waals surface area contributed by atoms with Crippen LogP contribution in [0.4, 0.5) is 4.79 Å². The Morgan fingerprint density at radius 2 is 1.16 bits per heavy atom. The van der Waals surface area contributed by atoms with Gasteiger partial charge < -0.3 is 29.8 Å². The molecule has 3 N–H and O–H groups in total. The highest BCUT2D eigenvalue weighted by Crippen LogP contribution is 2.36. The van der Waals surface area contributed by atoms with Gasteiger partial charge in [-0.25, -0.2) is 14.8 Å². The molecule has 61 heavy (non-hydrogen) atoms. The van der Waals surface area contributed by atoms with Gasteiger partial charge in [0, 0.05) is 18.7 Å². The maximum absolute atomic E-state index is 14.0. The van der Waals surface area contributed by atoms with Crippen molar-refractivity contribution in [1.82, 2.24) is 35.1 Å². The van der Waals surface area contributed by atoms with Crippen LogP contribution in [0.15, 0.2) is 146 Å². The van der Waals surface area contributed by atoms with Crippen molar-refractivity contribution in [3.63, 3.8) is 0 Å². The van der Waals surface area contributed by atoms with Gasteiger partial charge in [0.15, 0.2) is 0 Å². The number of nitrogens with zero attached hydrogens (tertiary/aromatic N) is 4. The second kappa shape index (κ2) is 17.5. The largest absolute Gasteiger partial charge is 0.453 e. The highest BCUT2D eigenvalue weighted by atomic mass is 16.5. The maximum Gasteiger partial charge on any atom is 0.407 e. The molecule has 0 saturated carbocycles. The molecule has 9 rings (SSSR count). The molecule has 306 valence electrons. The Bertz CT molecular complexity index is 2620. The lowest BCUT2D eigenvalue weighted by atomic mass is 9.98. The van der Waals surface area contributed by atoms with Crippen LogP contribution in [0.25, 0.3) is 33.6 Å². The first-order valence-corrected chi connectivity index (χ1v) is 20.9. The molecule has 11 nitrogen and oxygen atoms in total. The van der Waals surface area contributed by atoms with Crippen LogP contribution in [0.3, 0.4) is 0 Å². The Morgan fingerprint density at radius 3 is 1.75 bits per heavy atom. The molecule has 2 fully saturated rings. The molecule has 4 heterocycles. The number of alkyl carbamates (subject to hydrolysis) is 1. The SMILES string of the molecule is COC(=O)N[C@@H](C(=O)N1CCC[C@H]1c1ncc(-c2ccc(-c3ccc(-c4cnc([C@@H]5CCCN5C(=O)c5ccccc5Cc5ccccc5)[nH]4)cc3)cc2)[nH]1)c1ccccc1. The van der Waals surface area contributed by atoms with Gasteiger partial charge in [0.1, 0.15) is 17.7 Å². The van der Waals surface area contributed by atoms with E-state index >= 15 is 0 Å². The van der Waals surface area contributed by atoms with E-state index in [2.05, 4.69) is 82.0 Å². The molecule has 0 aliphatic carbocycles. The zero-order chi connectivity index (χ0) is 41.7. The number of hydrogen-bond donors (Lipinski definition) is 3. The van der Waals surface area contributed by atoms with Crippen molar-refractivity contribution in [2.45, 2.75) is 50.2 Å². The minimum Gasteiger partial charge on any atom is -0.453 e. The van der Waals surface area contributed by atoms with Gasteiger partial charge >= 0.3 is 6.09 Å². The van der Waals surface area contributed by atoms with Crippen LogP contribution >= 0.6 is 0 Å².